The van der Waals surface area contributed by atoms with Gasteiger partial charge in [0.15, 0.2) is 0 Å². The molecule has 2 N–H and O–H groups in total. The van der Waals surface area contributed by atoms with Gasteiger partial charge in [-0.25, -0.2) is 13.4 Å². The average Bonchev–Trinajstić information content (AvgIpc) is 2.41. The van der Waals surface area contributed by atoms with E-state index in [4.69, 9.17) is 4.74 Å². The van der Waals surface area contributed by atoms with Crippen molar-refractivity contribution in [3.05, 3.63) is 47.0 Å². The molecule has 0 spiro atoms. The maximum absolute atomic E-state index is 12.2. The van der Waals surface area contributed by atoms with Gasteiger partial charge >= 0.3 is 0 Å². The number of hydrogen-bond donors (Lipinski definition) is 2. The van der Waals surface area contributed by atoms with E-state index in [1.54, 1.807) is 19.1 Å². The van der Waals surface area contributed by atoms with Gasteiger partial charge in [-0.2, -0.15) is 0 Å². The fourth-order valence-electron chi connectivity index (χ4n) is 1.49. The first kappa shape index (κ1) is 14.1. The molecular weight excluding hydrogens is 282 g/mol. The normalized spacial score (nSPS) is 11.1. The number of rotatable bonds is 5. The summed E-state index contributed by atoms with van der Waals surface area (Å²) < 4.78 is 31.9. The summed E-state index contributed by atoms with van der Waals surface area (Å²) in [6.07, 6.45) is 2.63. The quantitative estimate of drug-likeness (QED) is 0.856. The lowest BCUT2D eigenvalue weighted by atomic mass is 10.4. The number of sulfonamides is 1. The molecule has 2 rings (SSSR count). The summed E-state index contributed by atoms with van der Waals surface area (Å²) in [7, 11) is -3.81. The first-order valence-electron chi connectivity index (χ1n) is 5.82. The Morgan fingerprint density at radius 2 is 2.15 bits per heavy atom. The number of aromatic amines is 1. The van der Waals surface area contributed by atoms with E-state index in [-0.39, 0.29) is 22.0 Å². The molecule has 2 aromatic rings. The highest BCUT2D eigenvalue weighted by atomic mass is 32.2. The summed E-state index contributed by atoms with van der Waals surface area (Å²) >= 11 is 0. The number of anilines is 1. The Labute approximate surface area is 115 Å². The van der Waals surface area contributed by atoms with Crippen molar-refractivity contribution in [2.45, 2.75) is 11.8 Å². The zero-order valence-electron chi connectivity index (χ0n) is 10.7. The van der Waals surface area contributed by atoms with Crippen LogP contribution in [0.15, 0.2) is 46.3 Å². The number of pyridine rings is 2. The van der Waals surface area contributed by atoms with Gasteiger partial charge in [0.1, 0.15) is 10.6 Å². The van der Waals surface area contributed by atoms with Crippen LogP contribution in [0.5, 0.6) is 5.88 Å². The highest BCUT2D eigenvalue weighted by Gasteiger charge is 2.17. The molecule has 0 saturated carbocycles. The summed E-state index contributed by atoms with van der Waals surface area (Å²) in [5.74, 6) is 0.197. The molecule has 2 heterocycles. The van der Waals surface area contributed by atoms with Crippen molar-refractivity contribution in [1.29, 1.82) is 0 Å². The standard InChI is InChI=1S/C12H13N3O4S/c1-2-19-12-10(4-3-7-13-12)15-20(17,18)9-5-6-11(16)14-8-9/h3-8,15H,2H2,1H3,(H,14,16). The largest absolute Gasteiger partial charge is 0.476 e. The van der Waals surface area contributed by atoms with Crippen molar-refractivity contribution in [2.24, 2.45) is 0 Å². The van der Waals surface area contributed by atoms with Gasteiger partial charge < -0.3 is 9.72 Å². The Bertz CT molecular complexity index is 735. The Morgan fingerprint density at radius 1 is 1.35 bits per heavy atom. The van der Waals surface area contributed by atoms with Crippen molar-refractivity contribution in [3.63, 3.8) is 0 Å². The number of aromatic nitrogens is 2. The molecule has 0 aliphatic rings. The van der Waals surface area contributed by atoms with Crippen molar-refractivity contribution in [2.75, 3.05) is 11.3 Å². The average molecular weight is 295 g/mol. The zero-order valence-corrected chi connectivity index (χ0v) is 11.5. The van der Waals surface area contributed by atoms with E-state index in [1.165, 1.54) is 12.3 Å². The summed E-state index contributed by atoms with van der Waals surface area (Å²) in [5, 5.41) is 0. The van der Waals surface area contributed by atoms with Crippen LogP contribution in [-0.2, 0) is 10.0 Å². The second-order valence-electron chi connectivity index (χ2n) is 3.78. The van der Waals surface area contributed by atoms with Crippen LogP contribution in [0.2, 0.25) is 0 Å². The molecule has 20 heavy (non-hydrogen) atoms. The lowest BCUT2D eigenvalue weighted by Crippen LogP contribution is -2.16. The third-order valence-corrected chi connectivity index (χ3v) is 3.73. The Balaban J connectivity index is 2.33. The predicted molar refractivity (Wildman–Crippen MR) is 73.3 cm³/mol. The minimum absolute atomic E-state index is 0.0524. The number of H-pyrrole nitrogens is 1. The van der Waals surface area contributed by atoms with Crippen molar-refractivity contribution in [3.8, 4) is 5.88 Å². The molecule has 7 nitrogen and oxygen atoms in total. The Kier molecular flexibility index (Phi) is 4.04. The molecule has 106 valence electrons. The molecule has 0 saturated heterocycles. The number of nitrogens with one attached hydrogen (secondary N) is 2. The van der Waals surface area contributed by atoms with E-state index >= 15 is 0 Å². The van der Waals surface area contributed by atoms with Crippen LogP contribution in [0.4, 0.5) is 5.69 Å². The van der Waals surface area contributed by atoms with Crippen LogP contribution >= 0.6 is 0 Å². The lowest BCUT2D eigenvalue weighted by Gasteiger charge is -2.11. The van der Waals surface area contributed by atoms with E-state index < -0.39 is 10.0 Å². The van der Waals surface area contributed by atoms with Crippen molar-refractivity contribution < 1.29 is 13.2 Å². The molecule has 0 amide bonds. The molecule has 0 aliphatic heterocycles. The molecule has 8 heteroatoms. The van der Waals surface area contributed by atoms with E-state index in [0.29, 0.717) is 6.61 Å². The number of hydrogen-bond acceptors (Lipinski definition) is 5. The van der Waals surface area contributed by atoms with Crippen LogP contribution in [0.25, 0.3) is 0 Å². The third kappa shape index (κ3) is 3.15. The van der Waals surface area contributed by atoms with E-state index in [1.807, 2.05) is 0 Å². The van der Waals surface area contributed by atoms with Gasteiger partial charge in [0.25, 0.3) is 10.0 Å². The first-order valence-corrected chi connectivity index (χ1v) is 7.30. The van der Waals surface area contributed by atoms with Crippen LogP contribution in [0, 0.1) is 0 Å². The number of ether oxygens (including phenoxy) is 1. The van der Waals surface area contributed by atoms with Gasteiger partial charge in [0.2, 0.25) is 11.4 Å². The van der Waals surface area contributed by atoms with Crippen LogP contribution in [0.3, 0.4) is 0 Å². The van der Waals surface area contributed by atoms with Crippen LogP contribution in [-0.4, -0.2) is 25.0 Å². The number of nitrogens with zero attached hydrogens (tertiary/aromatic N) is 1. The lowest BCUT2D eigenvalue weighted by molar-refractivity contribution is 0.329. The van der Waals surface area contributed by atoms with Gasteiger partial charge in [-0.05, 0) is 25.1 Å². The smallest absolute Gasteiger partial charge is 0.263 e. The van der Waals surface area contributed by atoms with Crippen LogP contribution in [0.1, 0.15) is 6.92 Å². The SMILES string of the molecule is CCOc1ncccc1NS(=O)(=O)c1ccc(=O)[nH]c1. The predicted octanol–water partition coefficient (Wildman–Crippen LogP) is 0.969. The summed E-state index contributed by atoms with van der Waals surface area (Å²) in [5.41, 5.74) is -0.138. The fourth-order valence-corrected chi connectivity index (χ4v) is 2.51. The Morgan fingerprint density at radius 3 is 2.80 bits per heavy atom. The first-order chi connectivity index (χ1) is 9.53. The second-order valence-corrected chi connectivity index (χ2v) is 5.47. The monoisotopic (exact) mass is 295 g/mol. The molecule has 0 aliphatic carbocycles. The third-order valence-electron chi connectivity index (χ3n) is 2.36. The minimum Gasteiger partial charge on any atom is -0.476 e. The molecule has 2 aromatic heterocycles. The van der Waals surface area contributed by atoms with Gasteiger partial charge in [0.05, 0.1) is 6.61 Å². The van der Waals surface area contributed by atoms with Crippen molar-refractivity contribution >= 4 is 15.7 Å². The molecule has 0 radical (unpaired) electrons. The summed E-state index contributed by atoms with van der Waals surface area (Å²) in [4.78, 5) is 17.2. The second kappa shape index (κ2) is 5.74. The molecule has 0 atom stereocenters. The van der Waals surface area contributed by atoms with Crippen LogP contribution < -0.4 is 15.0 Å². The summed E-state index contributed by atoms with van der Waals surface area (Å²) in [6.45, 7) is 2.14. The zero-order chi connectivity index (χ0) is 14.6. The van der Waals surface area contributed by atoms with E-state index in [2.05, 4.69) is 14.7 Å². The fraction of sp³-hybridized carbons (Fsp3) is 0.167. The maximum atomic E-state index is 12.2. The molecule has 0 fully saturated rings. The highest BCUT2D eigenvalue weighted by Crippen LogP contribution is 2.23. The Hall–Kier alpha value is -2.35. The maximum Gasteiger partial charge on any atom is 0.263 e. The molecule has 0 bridgehead atoms. The minimum atomic E-state index is -3.81. The van der Waals surface area contributed by atoms with Gasteiger partial charge in [-0.3, -0.25) is 9.52 Å². The molecule has 0 unspecified atom stereocenters. The van der Waals surface area contributed by atoms with Crippen molar-refractivity contribution in [1.82, 2.24) is 9.97 Å². The van der Waals surface area contributed by atoms with E-state index in [0.717, 1.165) is 12.3 Å². The van der Waals surface area contributed by atoms with E-state index in [9.17, 15) is 13.2 Å². The summed E-state index contributed by atoms with van der Waals surface area (Å²) in [6, 6.07) is 5.49. The van der Waals surface area contributed by atoms with Gasteiger partial charge in [0, 0.05) is 18.5 Å². The topological polar surface area (TPSA) is 101 Å². The highest BCUT2D eigenvalue weighted by molar-refractivity contribution is 7.92. The van der Waals surface area contributed by atoms with Gasteiger partial charge in [-0.1, -0.05) is 0 Å². The molecular formula is C12H13N3O4S. The van der Waals surface area contributed by atoms with Gasteiger partial charge in [-0.15, -0.1) is 0 Å². The molecule has 0 aromatic carbocycles.